The molecule has 9 nitrogen and oxygen atoms in total. The van der Waals surface area contributed by atoms with E-state index in [2.05, 4.69) is 20.4 Å². The van der Waals surface area contributed by atoms with Crippen molar-refractivity contribution in [3.8, 4) is 0 Å². The van der Waals surface area contributed by atoms with Gasteiger partial charge in [-0.1, -0.05) is 0 Å². The Morgan fingerprint density at radius 3 is 2.57 bits per heavy atom. The van der Waals surface area contributed by atoms with Crippen molar-refractivity contribution < 1.29 is 14.8 Å². The number of nitrogens with one attached hydrogen (secondary N) is 2. The van der Waals surface area contributed by atoms with Crippen LogP contribution in [0.4, 0.5) is 5.82 Å². The van der Waals surface area contributed by atoms with Crippen LogP contribution in [0.1, 0.15) is 10.5 Å². The highest BCUT2D eigenvalue weighted by Gasteiger charge is 2.24. The second-order valence-electron chi connectivity index (χ2n) is 2.43. The van der Waals surface area contributed by atoms with Gasteiger partial charge in [-0.15, -0.1) is 0 Å². The number of rotatable bonds is 2. The number of carboxylic acids is 1. The fourth-order valence-electron chi connectivity index (χ4n) is 1.06. The van der Waals surface area contributed by atoms with Crippen molar-refractivity contribution in [2.24, 2.45) is 0 Å². The molecule has 72 valence electrons. The van der Waals surface area contributed by atoms with Crippen molar-refractivity contribution in [1.29, 1.82) is 0 Å². The summed E-state index contributed by atoms with van der Waals surface area (Å²) in [5.74, 6) is -1.75. The fraction of sp³-hybridized carbons (Fsp3) is 0. The minimum atomic E-state index is -1.28. The van der Waals surface area contributed by atoms with E-state index >= 15 is 0 Å². The van der Waals surface area contributed by atoms with Gasteiger partial charge in [0.05, 0.1) is 5.10 Å². The van der Waals surface area contributed by atoms with Gasteiger partial charge in [-0.2, -0.15) is 10.2 Å². The lowest BCUT2D eigenvalue weighted by Gasteiger charge is -1.83. The number of hydrogen-bond donors (Lipinski definition) is 3. The number of hydrogen-bond acceptors (Lipinski definition) is 5. The molecule has 0 unspecified atom stereocenters. The van der Waals surface area contributed by atoms with Gasteiger partial charge in [0.2, 0.25) is 0 Å². The quantitative estimate of drug-likeness (QED) is 0.453. The molecular weight excluding hydrogens is 194 g/mol. The number of carboxylic acid groups (broad SMARTS) is 1. The lowest BCUT2D eigenvalue weighted by molar-refractivity contribution is -0.388. The molecule has 0 atom stereocenters. The minimum Gasteiger partial charge on any atom is -0.476 e. The summed E-state index contributed by atoms with van der Waals surface area (Å²) in [7, 11) is 0. The van der Waals surface area contributed by atoms with Gasteiger partial charge in [0.25, 0.3) is 0 Å². The number of aromatic carboxylic acids is 1. The van der Waals surface area contributed by atoms with Gasteiger partial charge in [0.15, 0.2) is 11.2 Å². The molecular formula is C5H3N5O4. The number of fused-ring (bicyclic) bond motifs is 1. The average molecular weight is 197 g/mol. The van der Waals surface area contributed by atoms with Gasteiger partial charge < -0.3 is 15.2 Å². The first-order valence-corrected chi connectivity index (χ1v) is 3.41. The molecule has 0 amide bonds. The third-order valence-corrected chi connectivity index (χ3v) is 1.64. The maximum Gasteiger partial charge on any atom is 0.415 e. The summed E-state index contributed by atoms with van der Waals surface area (Å²) in [6.45, 7) is 0. The molecule has 2 aromatic heterocycles. The molecule has 3 N–H and O–H groups in total. The average Bonchev–Trinajstić information content (AvgIpc) is 2.59. The highest BCUT2D eigenvalue weighted by Crippen LogP contribution is 2.21. The Labute approximate surface area is 74.9 Å². The number of H-pyrrole nitrogens is 2. The molecule has 2 aromatic rings. The number of aromatic amines is 2. The van der Waals surface area contributed by atoms with Crippen molar-refractivity contribution in [3.05, 3.63) is 15.8 Å². The van der Waals surface area contributed by atoms with Crippen LogP contribution >= 0.6 is 0 Å². The van der Waals surface area contributed by atoms with Crippen LogP contribution in [0.15, 0.2) is 0 Å². The zero-order chi connectivity index (χ0) is 10.3. The van der Waals surface area contributed by atoms with E-state index in [0.717, 1.165) is 0 Å². The highest BCUT2D eigenvalue weighted by molar-refractivity contribution is 6.00. The normalized spacial score (nSPS) is 10.6. The highest BCUT2D eigenvalue weighted by atomic mass is 16.6. The second-order valence-corrected chi connectivity index (χ2v) is 2.43. The van der Waals surface area contributed by atoms with Gasteiger partial charge in [-0.05, 0) is 4.92 Å². The maximum absolute atomic E-state index is 10.6. The van der Waals surface area contributed by atoms with Crippen LogP contribution in [0, 0.1) is 10.1 Å². The van der Waals surface area contributed by atoms with E-state index in [1.165, 1.54) is 0 Å². The third-order valence-electron chi connectivity index (χ3n) is 1.64. The molecule has 0 radical (unpaired) electrons. The van der Waals surface area contributed by atoms with Gasteiger partial charge in [0, 0.05) is 0 Å². The SMILES string of the molecule is O=C(O)c1n[nH]c2c([N+](=O)[O-])n[nH]c12. The molecule has 2 rings (SSSR count). The first-order valence-electron chi connectivity index (χ1n) is 3.41. The summed E-state index contributed by atoms with van der Waals surface area (Å²) in [5, 5.41) is 30.2. The molecule has 0 spiro atoms. The molecule has 0 saturated heterocycles. The molecule has 9 heteroatoms. The summed E-state index contributed by atoms with van der Waals surface area (Å²) in [6.07, 6.45) is 0. The van der Waals surface area contributed by atoms with Crippen LogP contribution in [-0.4, -0.2) is 36.4 Å². The monoisotopic (exact) mass is 197 g/mol. The molecule has 14 heavy (non-hydrogen) atoms. The van der Waals surface area contributed by atoms with Crippen LogP contribution in [0.3, 0.4) is 0 Å². The molecule has 0 saturated carbocycles. The van der Waals surface area contributed by atoms with Gasteiger partial charge >= 0.3 is 11.8 Å². The number of nitrogens with zero attached hydrogens (tertiary/aromatic N) is 3. The Hall–Kier alpha value is -2.45. The van der Waals surface area contributed by atoms with Crippen molar-refractivity contribution in [2.45, 2.75) is 0 Å². The van der Waals surface area contributed by atoms with Crippen LogP contribution < -0.4 is 0 Å². The summed E-state index contributed by atoms with van der Waals surface area (Å²) >= 11 is 0. The minimum absolute atomic E-state index is 0.0178. The van der Waals surface area contributed by atoms with Crippen LogP contribution in [0.5, 0.6) is 0 Å². The maximum atomic E-state index is 10.6. The van der Waals surface area contributed by atoms with Crippen molar-refractivity contribution in [1.82, 2.24) is 20.4 Å². The Balaban J connectivity index is 2.73. The fourth-order valence-corrected chi connectivity index (χ4v) is 1.06. The molecule has 0 aliphatic carbocycles. The van der Waals surface area contributed by atoms with E-state index in [9.17, 15) is 14.9 Å². The largest absolute Gasteiger partial charge is 0.476 e. The summed E-state index contributed by atoms with van der Waals surface area (Å²) in [6, 6.07) is 0. The van der Waals surface area contributed by atoms with Crippen molar-refractivity contribution in [3.63, 3.8) is 0 Å². The van der Waals surface area contributed by atoms with Crippen LogP contribution in [0.2, 0.25) is 0 Å². The topological polar surface area (TPSA) is 138 Å². The Bertz CT molecular complexity index is 477. The predicted molar refractivity (Wildman–Crippen MR) is 41.9 cm³/mol. The molecule has 0 aliphatic heterocycles. The number of nitro groups is 1. The van der Waals surface area contributed by atoms with E-state index in [1.807, 2.05) is 0 Å². The van der Waals surface area contributed by atoms with E-state index in [-0.39, 0.29) is 16.7 Å². The molecule has 2 heterocycles. The number of carbonyl (C=O) groups is 1. The van der Waals surface area contributed by atoms with Gasteiger partial charge in [-0.3, -0.25) is 5.10 Å². The van der Waals surface area contributed by atoms with Crippen LogP contribution in [-0.2, 0) is 0 Å². The summed E-state index contributed by atoms with van der Waals surface area (Å²) in [5.41, 5.74) is -0.322. The zero-order valence-electron chi connectivity index (χ0n) is 6.51. The standard InChI is InChI=1S/C5H3N5O4/c11-5(12)3-1-2(7-8-3)4(9-6-1)10(13)14/h(H,6,9)(H,7,8)(H,11,12). The first-order chi connectivity index (χ1) is 6.61. The summed E-state index contributed by atoms with van der Waals surface area (Å²) in [4.78, 5) is 20.2. The number of aromatic nitrogens is 4. The molecule has 0 fully saturated rings. The van der Waals surface area contributed by atoms with Crippen molar-refractivity contribution in [2.75, 3.05) is 0 Å². The van der Waals surface area contributed by atoms with Gasteiger partial charge in [0.1, 0.15) is 5.52 Å². The Kier molecular flexibility index (Phi) is 1.47. The zero-order valence-corrected chi connectivity index (χ0v) is 6.51. The van der Waals surface area contributed by atoms with E-state index < -0.39 is 16.7 Å². The Morgan fingerprint density at radius 2 is 2.00 bits per heavy atom. The first kappa shape index (κ1) is 8.16. The Morgan fingerprint density at radius 1 is 1.36 bits per heavy atom. The molecule has 0 bridgehead atoms. The third kappa shape index (κ3) is 0.920. The van der Waals surface area contributed by atoms with E-state index in [1.54, 1.807) is 0 Å². The van der Waals surface area contributed by atoms with Crippen LogP contribution in [0.25, 0.3) is 11.0 Å². The van der Waals surface area contributed by atoms with E-state index in [0.29, 0.717) is 0 Å². The lowest BCUT2D eigenvalue weighted by atomic mass is 10.3. The molecule has 0 aromatic carbocycles. The molecule has 0 aliphatic rings. The van der Waals surface area contributed by atoms with E-state index in [4.69, 9.17) is 5.11 Å². The van der Waals surface area contributed by atoms with Gasteiger partial charge in [-0.25, -0.2) is 4.79 Å². The predicted octanol–water partition coefficient (Wildman–Crippen LogP) is -0.108. The second kappa shape index (κ2) is 2.52. The lowest BCUT2D eigenvalue weighted by Crippen LogP contribution is -1.97. The summed E-state index contributed by atoms with van der Waals surface area (Å²) < 4.78 is 0. The van der Waals surface area contributed by atoms with Crippen molar-refractivity contribution >= 4 is 22.8 Å². The smallest absolute Gasteiger partial charge is 0.415 e.